The molecular formula is C12H20N2OS. The van der Waals surface area contributed by atoms with Gasteiger partial charge in [-0.3, -0.25) is 4.79 Å². The summed E-state index contributed by atoms with van der Waals surface area (Å²) in [4.78, 5) is 18.7. The van der Waals surface area contributed by atoms with Crippen LogP contribution in [0.25, 0.3) is 0 Å². The molecule has 90 valence electrons. The molecule has 0 radical (unpaired) electrons. The predicted molar refractivity (Wildman–Crippen MR) is 69.9 cm³/mol. The van der Waals surface area contributed by atoms with Crippen molar-refractivity contribution in [3.63, 3.8) is 0 Å². The lowest BCUT2D eigenvalue weighted by atomic mass is 10.1. The Labute approximate surface area is 101 Å². The van der Waals surface area contributed by atoms with E-state index in [0.29, 0.717) is 11.8 Å². The molecule has 1 heterocycles. The van der Waals surface area contributed by atoms with Gasteiger partial charge in [0.05, 0.1) is 11.4 Å². The van der Waals surface area contributed by atoms with Crippen LogP contribution in [0.2, 0.25) is 0 Å². The van der Waals surface area contributed by atoms with E-state index in [-0.39, 0.29) is 5.56 Å². The zero-order valence-corrected chi connectivity index (χ0v) is 11.2. The first-order chi connectivity index (χ1) is 7.49. The highest BCUT2D eigenvalue weighted by atomic mass is 32.2. The monoisotopic (exact) mass is 240 g/mol. The highest BCUT2D eigenvalue weighted by molar-refractivity contribution is 7.98. The smallest absolute Gasteiger partial charge is 0.251 e. The van der Waals surface area contributed by atoms with Crippen LogP contribution in [0.1, 0.15) is 45.1 Å². The maximum absolute atomic E-state index is 11.4. The number of aromatic nitrogens is 2. The third-order valence-corrected chi connectivity index (χ3v) is 3.47. The fourth-order valence-electron chi connectivity index (χ4n) is 1.28. The molecule has 0 aliphatic carbocycles. The van der Waals surface area contributed by atoms with Crippen LogP contribution in [-0.4, -0.2) is 15.7 Å². The third-order valence-electron chi connectivity index (χ3n) is 2.09. The molecular weight excluding hydrogens is 220 g/mol. The van der Waals surface area contributed by atoms with Gasteiger partial charge in [0.25, 0.3) is 5.56 Å². The molecule has 0 spiro atoms. The van der Waals surface area contributed by atoms with Gasteiger partial charge in [0, 0.05) is 6.07 Å². The Hall–Kier alpha value is -0.770. The second kappa shape index (κ2) is 6.09. The minimum atomic E-state index is -0.0427. The first kappa shape index (κ1) is 13.3. The summed E-state index contributed by atoms with van der Waals surface area (Å²) in [6.07, 6.45) is 0. The SMILES string of the molecule is CC(C)CSCc1nc(C(C)C)cc(=O)[nH]1. The van der Waals surface area contributed by atoms with E-state index >= 15 is 0 Å². The molecule has 0 saturated carbocycles. The molecule has 0 saturated heterocycles. The van der Waals surface area contributed by atoms with E-state index in [0.717, 1.165) is 23.0 Å². The van der Waals surface area contributed by atoms with Crippen molar-refractivity contribution in [2.75, 3.05) is 5.75 Å². The summed E-state index contributed by atoms with van der Waals surface area (Å²) < 4.78 is 0. The Morgan fingerprint density at radius 1 is 1.38 bits per heavy atom. The Morgan fingerprint density at radius 3 is 2.62 bits per heavy atom. The normalized spacial score (nSPS) is 11.4. The van der Waals surface area contributed by atoms with Gasteiger partial charge in [0.15, 0.2) is 0 Å². The van der Waals surface area contributed by atoms with Crippen LogP contribution in [0.3, 0.4) is 0 Å². The van der Waals surface area contributed by atoms with Crippen molar-refractivity contribution in [2.24, 2.45) is 5.92 Å². The van der Waals surface area contributed by atoms with E-state index in [2.05, 4.69) is 23.8 Å². The Bertz CT molecular complexity index is 385. The minimum absolute atomic E-state index is 0.0427. The molecule has 16 heavy (non-hydrogen) atoms. The average Bonchev–Trinajstić information content (AvgIpc) is 2.16. The lowest BCUT2D eigenvalue weighted by Gasteiger charge is -2.07. The summed E-state index contributed by atoms with van der Waals surface area (Å²) in [5.74, 6) is 3.65. The van der Waals surface area contributed by atoms with Crippen LogP contribution in [0, 0.1) is 5.92 Å². The van der Waals surface area contributed by atoms with Gasteiger partial charge in [-0.25, -0.2) is 4.98 Å². The molecule has 0 amide bonds. The average molecular weight is 240 g/mol. The molecule has 0 aromatic carbocycles. The van der Waals surface area contributed by atoms with Gasteiger partial charge >= 0.3 is 0 Å². The van der Waals surface area contributed by atoms with Crippen molar-refractivity contribution in [1.82, 2.24) is 9.97 Å². The van der Waals surface area contributed by atoms with Gasteiger partial charge in [-0.1, -0.05) is 27.7 Å². The predicted octanol–water partition coefficient (Wildman–Crippen LogP) is 2.78. The molecule has 1 aromatic heterocycles. The summed E-state index contributed by atoms with van der Waals surface area (Å²) in [6.45, 7) is 8.47. The molecule has 0 aliphatic heterocycles. The molecule has 3 nitrogen and oxygen atoms in total. The van der Waals surface area contributed by atoms with Gasteiger partial charge in [-0.15, -0.1) is 0 Å². The zero-order chi connectivity index (χ0) is 12.1. The first-order valence-electron chi connectivity index (χ1n) is 5.67. The van der Waals surface area contributed by atoms with E-state index in [4.69, 9.17) is 0 Å². The molecule has 1 N–H and O–H groups in total. The summed E-state index contributed by atoms with van der Waals surface area (Å²) in [7, 11) is 0. The third kappa shape index (κ3) is 4.39. The van der Waals surface area contributed by atoms with Crippen molar-refractivity contribution in [2.45, 2.75) is 39.4 Å². The number of hydrogen-bond acceptors (Lipinski definition) is 3. The number of hydrogen-bond donors (Lipinski definition) is 1. The quantitative estimate of drug-likeness (QED) is 0.860. The highest BCUT2D eigenvalue weighted by Crippen LogP contribution is 2.14. The molecule has 0 bridgehead atoms. The van der Waals surface area contributed by atoms with Gasteiger partial charge in [0.1, 0.15) is 5.82 Å². The lowest BCUT2D eigenvalue weighted by molar-refractivity contribution is 0.749. The van der Waals surface area contributed by atoms with E-state index in [1.807, 2.05) is 25.6 Å². The molecule has 1 aromatic rings. The van der Waals surface area contributed by atoms with Crippen LogP contribution in [0.15, 0.2) is 10.9 Å². The van der Waals surface area contributed by atoms with E-state index in [9.17, 15) is 4.79 Å². The molecule has 0 unspecified atom stereocenters. The minimum Gasteiger partial charge on any atom is -0.310 e. The number of thioether (sulfide) groups is 1. The Balaban J connectivity index is 2.69. The maximum Gasteiger partial charge on any atom is 0.251 e. The van der Waals surface area contributed by atoms with E-state index in [1.165, 1.54) is 0 Å². The summed E-state index contributed by atoms with van der Waals surface area (Å²) in [5, 5.41) is 0. The molecule has 1 rings (SSSR count). The van der Waals surface area contributed by atoms with Gasteiger partial charge in [-0.05, 0) is 17.6 Å². The zero-order valence-electron chi connectivity index (χ0n) is 10.4. The van der Waals surface area contributed by atoms with Crippen molar-refractivity contribution in [3.8, 4) is 0 Å². The van der Waals surface area contributed by atoms with Crippen LogP contribution in [0.4, 0.5) is 0 Å². The summed E-state index contributed by atoms with van der Waals surface area (Å²) >= 11 is 1.81. The highest BCUT2D eigenvalue weighted by Gasteiger charge is 2.05. The van der Waals surface area contributed by atoms with Crippen molar-refractivity contribution in [3.05, 3.63) is 27.9 Å². The van der Waals surface area contributed by atoms with Gasteiger partial charge in [-0.2, -0.15) is 11.8 Å². The van der Waals surface area contributed by atoms with Crippen LogP contribution in [0.5, 0.6) is 0 Å². The van der Waals surface area contributed by atoms with Crippen LogP contribution in [-0.2, 0) is 5.75 Å². The van der Waals surface area contributed by atoms with Gasteiger partial charge in [0.2, 0.25) is 0 Å². The van der Waals surface area contributed by atoms with Crippen molar-refractivity contribution >= 4 is 11.8 Å². The number of nitrogens with zero attached hydrogens (tertiary/aromatic N) is 1. The topological polar surface area (TPSA) is 45.8 Å². The fourth-order valence-corrected chi connectivity index (χ4v) is 2.20. The lowest BCUT2D eigenvalue weighted by Crippen LogP contribution is -2.13. The maximum atomic E-state index is 11.4. The van der Waals surface area contributed by atoms with Gasteiger partial charge < -0.3 is 4.98 Å². The second-order valence-corrected chi connectivity index (χ2v) is 5.71. The van der Waals surface area contributed by atoms with Crippen LogP contribution < -0.4 is 5.56 Å². The number of aromatic amines is 1. The number of H-pyrrole nitrogens is 1. The molecule has 4 heteroatoms. The van der Waals surface area contributed by atoms with E-state index in [1.54, 1.807) is 6.07 Å². The first-order valence-corrected chi connectivity index (χ1v) is 6.82. The summed E-state index contributed by atoms with van der Waals surface area (Å²) in [5.41, 5.74) is 0.836. The molecule has 0 atom stereocenters. The standard InChI is InChI=1S/C12H20N2OS/c1-8(2)6-16-7-11-13-10(9(3)4)5-12(15)14-11/h5,8-9H,6-7H2,1-4H3,(H,13,14,15). The second-order valence-electron chi connectivity index (χ2n) is 4.68. The molecule has 0 aliphatic rings. The van der Waals surface area contributed by atoms with Crippen LogP contribution >= 0.6 is 11.8 Å². The van der Waals surface area contributed by atoms with Crippen molar-refractivity contribution in [1.29, 1.82) is 0 Å². The molecule has 0 fully saturated rings. The number of rotatable bonds is 5. The fraction of sp³-hybridized carbons (Fsp3) is 0.667. The summed E-state index contributed by atoms with van der Waals surface area (Å²) in [6, 6.07) is 1.58. The largest absolute Gasteiger partial charge is 0.310 e. The van der Waals surface area contributed by atoms with Crippen molar-refractivity contribution < 1.29 is 0 Å². The number of nitrogens with one attached hydrogen (secondary N) is 1. The van der Waals surface area contributed by atoms with E-state index < -0.39 is 0 Å². The Kier molecular flexibility index (Phi) is 5.06. The Morgan fingerprint density at radius 2 is 2.06 bits per heavy atom.